The maximum atomic E-state index is 13.2. The first-order valence-electron chi connectivity index (χ1n) is 21.5. The first-order valence-corrected chi connectivity index (χ1v) is 21.5. The summed E-state index contributed by atoms with van der Waals surface area (Å²) in [5.74, 6) is -1.71. The van der Waals surface area contributed by atoms with E-state index in [4.69, 9.17) is 30.4 Å². The van der Waals surface area contributed by atoms with Gasteiger partial charge in [0, 0.05) is 62.8 Å². The summed E-state index contributed by atoms with van der Waals surface area (Å²) in [7, 11) is 0. The van der Waals surface area contributed by atoms with Crippen molar-refractivity contribution in [1.82, 2.24) is 29.4 Å². The van der Waals surface area contributed by atoms with Crippen molar-refractivity contribution in [1.29, 1.82) is 10.5 Å². The highest BCUT2D eigenvalue weighted by atomic mass is 19.1. The smallest absolute Gasteiger partial charge is 0.410 e. The van der Waals surface area contributed by atoms with E-state index < -0.39 is 35.1 Å². The highest BCUT2D eigenvalue weighted by molar-refractivity contribution is 5.98. The summed E-state index contributed by atoms with van der Waals surface area (Å²) in [6, 6.07) is 15.6. The van der Waals surface area contributed by atoms with E-state index in [-0.39, 0.29) is 59.4 Å². The lowest BCUT2D eigenvalue weighted by Gasteiger charge is -2.40. The van der Waals surface area contributed by atoms with Crippen LogP contribution in [0.3, 0.4) is 0 Å². The minimum atomic E-state index is -0.713. The topological polar surface area (TPSA) is 271 Å². The lowest BCUT2D eigenvalue weighted by atomic mass is 9.85. The molecule has 0 radical (unpaired) electrons. The second-order valence-corrected chi connectivity index (χ2v) is 16.5. The number of nitrogens with one attached hydrogen (secondary N) is 2. The molecule has 0 saturated carbocycles. The number of hydrogen-bond donors (Lipinski definition) is 4. The molecule has 22 heteroatoms. The van der Waals surface area contributed by atoms with Crippen LogP contribution >= 0.6 is 0 Å². The molecule has 0 bridgehead atoms. The second-order valence-electron chi connectivity index (χ2n) is 16.5. The van der Waals surface area contributed by atoms with Gasteiger partial charge < -0.3 is 50.8 Å². The summed E-state index contributed by atoms with van der Waals surface area (Å²) in [6.45, 7) is 3.48. The Labute approximate surface area is 378 Å². The molecule has 4 fully saturated rings. The molecule has 0 aliphatic carbocycles. The van der Waals surface area contributed by atoms with Gasteiger partial charge in [-0.1, -0.05) is 0 Å². The van der Waals surface area contributed by atoms with Gasteiger partial charge in [-0.25, -0.2) is 18.4 Å². The van der Waals surface area contributed by atoms with Gasteiger partial charge in [-0.05, 0) is 74.2 Å². The van der Waals surface area contributed by atoms with E-state index in [1.807, 2.05) is 0 Å². The molecule has 2 aromatic carbocycles. The fraction of sp³-hybridized carbons (Fsp3) is 0.455. The highest BCUT2D eigenvalue weighted by Crippen LogP contribution is 2.37. The van der Waals surface area contributed by atoms with Crippen LogP contribution in [-0.4, -0.2) is 118 Å². The molecule has 4 aliphatic rings. The Morgan fingerprint density at radius 3 is 1.33 bits per heavy atom. The molecule has 20 nitrogen and oxygen atoms in total. The second kappa shape index (κ2) is 20.7. The quantitative estimate of drug-likeness (QED) is 0.146. The number of rotatable bonds is 12. The van der Waals surface area contributed by atoms with Gasteiger partial charge in [0.25, 0.3) is 11.8 Å². The molecular formula is C44H50F2N12O8. The number of primary amides is 2. The van der Waals surface area contributed by atoms with E-state index >= 15 is 0 Å². The molecule has 4 saturated heterocycles. The fourth-order valence-electron chi connectivity index (χ4n) is 8.24. The summed E-state index contributed by atoms with van der Waals surface area (Å²) >= 11 is 0. The lowest BCUT2D eigenvalue weighted by molar-refractivity contribution is 0.0344. The predicted octanol–water partition coefficient (Wildman–Crippen LogP) is 4.99. The van der Waals surface area contributed by atoms with Gasteiger partial charge in [0.05, 0.1) is 62.5 Å². The number of amides is 4. The molecule has 0 spiro atoms. The zero-order valence-electron chi connectivity index (χ0n) is 36.0. The van der Waals surface area contributed by atoms with E-state index in [0.29, 0.717) is 103 Å². The van der Waals surface area contributed by atoms with Gasteiger partial charge >= 0.3 is 12.2 Å². The molecular weight excluding hydrogens is 863 g/mol. The summed E-state index contributed by atoms with van der Waals surface area (Å²) in [5.41, 5.74) is 11.1. The van der Waals surface area contributed by atoms with Crippen molar-refractivity contribution in [2.75, 3.05) is 63.2 Å². The third-order valence-electron chi connectivity index (χ3n) is 12.2. The van der Waals surface area contributed by atoms with Gasteiger partial charge in [0.15, 0.2) is 11.6 Å². The van der Waals surface area contributed by atoms with E-state index in [2.05, 4.69) is 33.0 Å². The molecule has 6 heterocycles. The van der Waals surface area contributed by atoms with Crippen LogP contribution in [0.5, 0.6) is 0 Å². The Kier molecular flexibility index (Phi) is 14.6. The van der Waals surface area contributed by atoms with E-state index in [1.165, 1.54) is 60.9 Å². The summed E-state index contributed by atoms with van der Waals surface area (Å²) in [4.78, 5) is 52.3. The SMILES string of the molecule is N#CCC1(n2cc(C(N)=O)c(Nc3ccc(F)cc3)n2)CCN(C(=O)OC2CCOC2)CC1.N#CCC1(n2cc(C(N)=O)c(Nc3ccc(F)cc3)n2)CCN(C(=O)OC2CCOC2)CC1. The van der Waals surface area contributed by atoms with Gasteiger partial charge in [0.1, 0.15) is 35.0 Å². The Morgan fingerprint density at radius 2 is 1.03 bits per heavy atom. The van der Waals surface area contributed by atoms with Crippen LogP contribution in [-0.2, 0) is 30.0 Å². The minimum absolute atomic E-state index is 0.141. The zero-order valence-corrected chi connectivity index (χ0v) is 36.0. The number of aromatic nitrogens is 4. The van der Waals surface area contributed by atoms with Crippen LogP contribution in [0.4, 0.5) is 41.4 Å². The molecule has 8 rings (SSSR count). The number of carbonyl (C=O) groups is 4. The molecule has 4 amide bonds. The number of nitrogens with two attached hydrogens (primary N) is 2. The number of halogens is 2. The third-order valence-corrected chi connectivity index (χ3v) is 12.2. The fourth-order valence-corrected chi connectivity index (χ4v) is 8.24. The lowest BCUT2D eigenvalue weighted by Crippen LogP contribution is -2.49. The van der Waals surface area contributed by atoms with Gasteiger partial charge in [-0.15, -0.1) is 0 Å². The van der Waals surface area contributed by atoms with Crippen molar-refractivity contribution in [2.45, 2.75) is 74.7 Å². The van der Waals surface area contributed by atoms with Crippen LogP contribution in [0.15, 0.2) is 60.9 Å². The number of hydrogen-bond acceptors (Lipinski definition) is 14. The van der Waals surface area contributed by atoms with Crippen LogP contribution in [0.2, 0.25) is 0 Å². The number of nitriles is 2. The highest BCUT2D eigenvalue weighted by Gasteiger charge is 2.42. The molecule has 6 N–H and O–H groups in total. The van der Waals surface area contributed by atoms with E-state index in [9.17, 15) is 38.5 Å². The minimum Gasteiger partial charge on any atom is -0.444 e. The van der Waals surface area contributed by atoms with Crippen LogP contribution in [0.25, 0.3) is 0 Å². The van der Waals surface area contributed by atoms with Gasteiger partial charge in [-0.2, -0.15) is 20.7 Å². The predicted molar refractivity (Wildman–Crippen MR) is 230 cm³/mol. The largest absolute Gasteiger partial charge is 0.444 e. The zero-order chi connectivity index (χ0) is 46.8. The number of carbonyl (C=O) groups excluding carboxylic acids is 4. The molecule has 4 aliphatic heterocycles. The summed E-state index contributed by atoms with van der Waals surface area (Å²) < 4.78 is 51.1. The van der Waals surface area contributed by atoms with Crippen molar-refractivity contribution < 1.29 is 46.9 Å². The number of piperidine rings is 2. The normalized spacial score (nSPS) is 19.6. The molecule has 2 atom stereocenters. The Hall–Kier alpha value is -7.30. The van der Waals surface area contributed by atoms with Crippen molar-refractivity contribution in [3.63, 3.8) is 0 Å². The van der Waals surface area contributed by atoms with Crippen LogP contribution in [0, 0.1) is 34.3 Å². The summed E-state index contributed by atoms with van der Waals surface area (Å²) in [5, 5.41) is 34.0. The number of benzene rings is 2. The first-order chi connectivity index (χ1) is 31.8. The van der Waals surface area contributed by atoms with Gasteiger partial charge in [-0.3, -0.25) is 19.0 Å². The Morgan fingerprint density at radius 1 is 0.667 bits per heavy atom. The molecule has 4 aromatic rings. The number of anilines is 4. The van der Waals surface area contributed by atoms with Gasteiger partial charge in [0.2, 0.25) is 0 Å². The average Bonchev–Trinajstić information content (AvgIpc) is 4.16. The Balaban J connectivity index is 0.000000196. The van der Waals surface area contributed by atoms with E-state index in [1.54, 1.807) is 19.2 Å². The van der Waals surface area contributed by atoms with Crippen molar-refractivity contribution in [2.24, 2.45) is 11.5 Å². The number of ether oxygens (including phenoxy) is 4. The first kappa shape index (κ1) is 46.7. The van der Waals surface area contributed by atoms with Crippen molar-refractivity contribution in [3.05, 3.63) is 83.7 Å². The molecule has 2 aromatic heterocycles. The molecule has 2 unspecified atom stereocenters. The number of nitrogens with zero attached hydrogens (tertiary/aromatic N) is 8. The van der Waals surface area contributed by atoms with Crippen LogP contribution in [0.1, 0.15) is 72.1 Å². The van der Waals surface area contributed by atoms with E-state index in [0.717, 1.165) is 0 Å². The monoisotopic (exact) mass is 912 g/mol. The number of likely N-dealkylation sites (tertiary alicyclic amines) is 2. The standard InChI is InChI=1S/2C22H25FN6O4/c2*23-15-1-3-16(4-2-15)26-20-18(19(25)30)13-29(27-20)22(6-9-24)7-10-28(11-8-22)21(31)33-17-5-12-32-14-17/h2*1-4,13,17H,5-8,10-12,14H2,(H2,25,30)(H,26,27). The molecule has 66 heavy (non-hydrogen) atoms. The van der Waals surface area contributed by atoms with Crippen molar-refractivity contribution in [3.8, 4) is 12.1 Å². The van der Waals surface area contributed by atoms with Crippen LogP contribution < -0.4 is 22.1 Å². The maximum absolute atomic E-state index is 13.2. The average molecular weight is 913 g/mol. The summed E-state index contributed by atoms with van der Waals surface area (Å²) in [6.07, 6.45) is 5.26. The maximum Gasteiger partial charge on any atom is 0.410 e. The molecule has 348 valence electrons. The van der Waals surface area contributed by atoms with Crippen molar-refractivity contribution >= 4 is 47.0 Å². The third kappa shape index (κ3) is 11.0. The Bertz CT molecular complexity index is 2270.